The fourth-order valence-electron chi connectivity index (χ4n) is 4.97. The summed E-state index contributed by atoms with van der Waals surface area (Å²) >= 11 is 0. The van der Waals surface area contributed by atoms with Crippen LogP contribution >= 0.6 is 0 Å². The zero-order chi connectivity index (χ0) is 23.1. The zero-order valence-electron chi connectivity index (χ0n) is 18.3. The number of hydrogen-bond donors (Lipinski definition) is 0. The van der Waals surface area contributed by atoms with E-state index in [1.165, 1.54) is 16.0 Å². The Kier molecular flexibility index (Phi) is 4.98. The van der Waals surface area contributed by atoms with E-state index < -0.39 is 18.1 Å². The number of ether oxygens (including phenoxy) is 1. The molecule has 1 aromatic heterocycles. The number of benzene rings is 3. The van der Waals surface area contributed by atoms with Crippen molar-refractivity contribution in [3.8, 4) is 11.1 Å². The summed E-state index contributed by atoms with van der Waals surface area (Å²) in [5.74, 6) is -0.590. The van der Waals surface area contributed by atoms with Gasteiger partial charge >= 0.3 is 12.1 Å². The lowest BCUT2D eigenvalue weighted by molar-refractivity contribution is -0.150. The largest absolute Gasteiger partial charge is 0.448 e. The number of carbonyl (C=O) groups is 2. The minimum Gasteiger partial charge on any atom is -0.448 e. The van der Waals surface area contributed by atoms with Crippen molar-refractivity contribution >= 4 is 23.1 Å². The van der Waals surface area contributed by atoms with E-state index in [9.17, 15) is 9.59 Å². The van der Waals surface area contributed by atoms with E-state index in [0.29, 0.717) is 30.4 Å². The minimum absolute atomic E-state index is 0.0362. The summed E-state index contributed by atoms with van der Waals surface area (Å²) in [6.45, 7) is 0.646. The first-order valence-corrected chi connectivity index (χ1v) is 11.3. The second-order valence-electron chi connectivity index (χ2n) is 8.52. The number of fused-ring (bicyclic) bond motifs is 4. The van der Waals surface area contributed by atoms with Crippen molar-refractivity contribution in [3.05, 3.63) is 83.9 Å². The average molecular weight is 454 g/mol. The topological polar surface area (TPSA) is 86.6 Å². The number of aromatic nitrogens is 3. The van der Waals surface area contributed by atoms with E-state index in [2.05, 4.69) is 34.6 Å². The average Bonchev–Trinajstić information content (AvgIpc) is 3.59. The van der Waals surface area contributed by atoms with Crippen molar-refractivity contribution in [2.24, 2.45) is 0 Å². The van der Waals surface area contributed by atoms with E-state index in [1.807, 2.05) is 36.4 Å². The summed E-state index contributed by atoms with van der Waals surface area (Å²) in [6, 6.07) is 22.8. The van der Waals surface area contributed by atoms with Gasteiger partial charge in [-0.3, -0.25) is 4.90 Å². The zero-order valence-corrected chi connectivity index (χ0v) is 18.3. The maximum absolute atomic E-state index is 13.0. The van der Waals surface area contributed by atoms with Crippen LogP contribution in [-0.2, 0) is 9.53 Å². The van der Waals surface area contributed by atoms with E-state index >= 15 is 0 Å². The molecule has 1 aliphatic heterocycles. The number of carbonyl (C=O) groups excluding carboxylic acids is 2. The molecule has 2 heterocycles. The molecule has 4 aromatic rings. The van der Waals surface area contributed by atoms with Gasteiger partial charge in [0.25, 0.3) is 0 Å². The van der Waals surface area contributed by atoms with Crippen molar-refractivity contribution < 1.29 is 19.2 Å². The lowest BCUT2D eigenvalue weighted by Crippen LogP contribution is -2.44. The number of hydrogen-bond acceptors (Lipinski definition) is 6. The lowest BCUT2D eigenvalue weighted by Gasteiger charge is -2.23. The first-order valence-electron chi connectivity index (χ1n) is 11.3. The molecule has 8 heteroatoms. The normalized spacial score (nSPS) is 16.9. The Hall–Kier alpha value is -4.20. The molecule has 0 radical (unpaired) electrons. The van der Waals surface area contributed by atoms with Crippen LogP contribution in [0.15, 0.2) is 72.8 Å². The molecule has 0 spiro atoms. The van der Waals surface area contributed by atoms with Crippen LogP contribution in [0, 0.1) is 0 Å². The second kappa shape index (κ2) is 8.30. The number of para-hydroxylation sites is 1. The molecule has 1 atom stereocenters. The minimum atomic E-state index is -0.724. The quantitative estimate of drug-likeness (QED) is 0.436. The van der Waals surface area contributed by atoms with Crippen LogP contribution in [0.4, 0.5) is 4.79 Å². The molecular weight excluding hydrogens is 432 g/mol. The molecule has 3 aromatic carbocycles. The van der Waals surface area contributed by atoms with Crippen molar-refractivity contribution in [2.45, 2.75) is 24.8 Å². The van der Waals surface area contributed by atoms with Crippen molar-refractivity contribution in [2.75, 3.05) is 13.2 Å². The lowest BCUT2D eigenvalue weighted by atomic mass is 9.98. The van der Waals surface area contributed by atoms with Gasteiger partial charge < -0.3 is 9.57 Å². The fraction of sp³-hybridized carbons (Fsp3) is 0.231. The highest BCUT2D eigenvalue weighted by Crippen LogP contribution is 2.44. The molecule has 0 bridgehead atoms. The highest BCUT2D eigenvalue weighted by atomic mass is 16.7. The molecule has 6 rings (SSSR count). The van der Waals surface area contributed by atoms with Crippen LogP contribution in [0.3, 0.4) is 0 Å². The molecule has 170 valence electrons. The summed E-state index contributed by atoms with van der Waals surface area (Å²) in [6.07, 6.45) is 0.697. The van der Waals surface area contributed by atoms with Crippen molar-refractivity contribution in [1.29, 1.82) is 0 Å². The SMILES string of the molecule is O=C(On1nnc2ccccc21)[C@@H]1CCCN1C(=O)OCC1c2ccccc2-c2ccccc21. The Labute approximate surface area is 195 Å². The van der Waals surface area contributed by atoms with Gasteiger partial charge in [0.15, 0.2) is 0 Å². The highest BCUT2D eigenvalue weighted by Gasteiger charge is 2.38. The van der Waals surface area contributed by atoms with Gasteiger partial charge in [-0.05, 0) is 52.4 Å². The Morgan fingerprint density at radius 1 is 0.912 bits per heavy atom. The van der Waals surface area contributed by atoms with Crippen LogP contribution in [0.5, 0.6) is 0 Å². The third-order valence-electron chi connectivity index (χ3n) is 6.59. The van der Waals surface area contributed by atoms with Gasteiger partial charge in [-0.15, -0.1) is 5.10 Å². The van der Waals surface area contributed by atoms with Crippen LogP contribution in [-0.4, -0.2) is 51.3 Å². The summed E-state index contributed by atoms with van der Waals surface area (Å²) in [5, 5.41) is 7.89. The Balaban J connectivity index is 1.16. The van der Waals surface area contributed by atoms with Gasteiger partial charge in [-0.25, -0.2) is 9.59 Å². The maximum atomic E-state index is 13.0. The Morgan fingerprint density at radius 3 is 2.35 bits per heavy atom. The molecule has 1 saturated heterocycles. The monoisotopic (exact) mass is 454 g/mol. The van der Waals surface area contributed by atoms with Crippen LogP contribution in [0.2, 0.25) is 0 Å². The molecule has 2 aliphatic rings. The van der Waals surface area contributed by atoms with Gasteiger partial charge in [0.2, 0.25) is 0 Å². The predicted molar refractivity (Wildman–Crippen MR) is 124 cm³/mol. The first-order chi connectivity index (χ1) is 16.7. The third-order valence-corrected chi connectivity index (χ3v) is 6.59. The maximum Gasteiger partial charge on any atom is 0.410 e. The number of amides is 1. The smallest absolute Gasteiger partial charge is 0.410 e. The van der Waals surface area contributed by atoms with Crippen LogP contribution in [0.25, 0.3) is 22.2 Å². The van der Waals surface area contributed by atoms with Crippen LogP contribution < -0.4 is 4.84 Å². The molecule has 0 unspecified atom stereocenters. The molecule has 34 heavy (non-hydrogen) atoms. The van der Waals surface area contributed by atoms with Crippen molar-refractivity contribution in [3.63, 3.8) is 0 Å². The molecule has 0 saturated carbocycles. The van der Waals surface area contributed by atoms with E-state index in [-0.39, 0.29) is 12.5 Å². The molecule has 1 fully saturated rings. The molecular formula is C26H22N4O4. The number of likely N-dealkylation sites (tertiary alicyclic amines) is 1. The van der Waals surface area contributed by atoms with Gasteiger partial charge in [0, 0.05) is 12.5 Å². The summed E-state index contributed by atoms with van der Waals surface area (Å²) in [5.41, 5.74) is 5.83. The predicted octanol–water partition coefficient (Wildman–Crippen LogP) is 3.80. The summed E-state index contributed by atoms with van der Waals surface area (Å²) < 4.78 is 5.75. The number of rotatable bonds is 4. The van der Waals surface area contributed by atoms with E-state index in [0.717, 1.165) is 16.0 Å². The number of nitrogens with zero attached hydrogens (tertiary/aromatic N) is 4. The fourth-order valence-corrected chi connectivity index (χ4v) is 4.97. The molecule has 1 aliphatic carbocycles. The van der Waals surface area contributed by atoms with E-state index in [4.69, 9.17) is 9.57 Å². The van der Waals surface area contributed by atoms with Gasteiger partial charge in [-0.1, -0.05) is 65.5 Å². The summed E-state index contributed by atoms with van der Waals surface area (Å²) in [7, 11) is 0. The molecule has 0 N–H and O–H groups in total. The standard InChI is InChI=1S/C26H22N4O4/c31-25(34-30-23-13-6-5-12-22(23)27-28-30)24-14-7-15-29(24)26(32)33-16-21-19-10-3-1-8-17(19)18-9-2-4-11-20(18)21/h1-6,8-13,21,24H,7,14-16H2/t24-/m0/s1. The van der Waals surface area contributed by atoms with Crippen LogP contribution in [0.1, 0.15) is 29.9 Å². The van der Waals surface area contributed by atoms with Crippen molar-refractivity contribution in [1.82, 2.24) is 20.1 Å². The van der Waals surface area contributed by atoms with Gasteiger partial charge in [-0.2, -0.15) is 0 Å². The second-order valence-corrected chi connectivity index (χ2v) is 8.52. The first kappa shape index (κ1) is 20.4. The molecule has 8 nitrogen and oxygen atoms in total. The van der Waals surface area contributed by atoms with Gasteiger partial charge in [0.1, 0.15) is 23.7 Å². The van der Waals surface area contributed by atoms with E-state index in [1.54, 1.807) is 12.1 Å². The summed E-state index contributed by atoms with van der Waals surface area (Å²) in [4.78, 5) is 33.9. The van der Waals surface area contributed by atoms with Gasteiger partial charge in [0.05, 0.1) is 0 Å². The Bertz CT molecular complexity index is 1350. The molecule has 1 amide bonds. The highest BCUT2D eigenvalue weighted by molar-refractivity contribution is 5.83. The Morgan fingerprint density at radius 2 is 1.59 bits per heavy atom. The third kappa shape index (κ3) is 3.39.